The molecule has 1 atom stereocenters. The summed E-state index contributed by atoms with van der Waals surface area (Å²) in [6.45, 7) is 5.88. The maximum atomic E-state index is 13.3. The van der Waals surface area contributed by atoms with Crippen LogP contribution in [-0.4, -0.2) is 20.7 Å². The number of nitrogens with zero attached hydrogens (tertiary/aromatic N) is 2. The fraction of sp³-hybridized carbons (Fsp3) is 0.278. The highest BCUT2D eigenvalue weighted by Crippen LogP contribution is 2.36. The zero-order valence-corrected chi connectivity index (χ0v) is 16.2. The van der Waals surface area contributed by atoms with Crippen molar-refractivity contribution in [2.24, 2.45) is 5.73 Å². The number of nitrogens with two attached hydrogens (primary N) is 1. The second-order valence-electron chi connectivity index (χ2n) is 5.83. The molecular weight excluding hydrogens is 373 g/mol. The van der Waals surface area contributed by atoms with Crippen molar-refractivity contribution in [3.63, 3.8) is 0 Å². The van der Waals surface area contributed by atoms with Gasteiger partial charge in [-0.2, -0.15) is 0 Å². The molecule has 0 fully saturated rings. The normalized spacial score (nSPS) is 12.5. The number of halogens is 1. The zero-order chi connectivity index (χ0) is 19.0. The van der Waals surface area contributed by atoms with Gasteiger partial charge in [0.15, 0.2) is 5.16 Å². The minimum atomic E-state index is -0.491. The quantitative estimate of drug-likeness (QED) is 0.533. The molecule has 2 heterocycles. The van der Waals surface area contributed by atoms with E-state index in [2.05, 4.69) is 4.98 Å². The Labute approximate surface area is 158 Å². The molecule has 3 aromatic rings. The molecule has 0 bridgehead atoms. The molecule has 0 saturated heterocycles. The van der Waals surface area contributed by atoms with Crippen LogP contribution in [0.25, 0.3) is 21.3 Å². The van der Waals surface area contributed by atoms with E-state index in [1.165, 1.54) is 35.2 Å². The number of benzene rings is 1. The lowest BCUT2D eigenvalue weighted by Gasteiger charge is -2.12. The summed E-state index contributed by atoms with van der Waals surface area (Å²) in [6, 6.07) is 6.08. The molecule has 0 aliphatic heterocycles. The Hall–Kier alpha value is -2.19. The molecular formula is C18H18FN3O2S2. The Morgan fingerprint density at radius 1 is 1.38 bits per heavy atom. The molecule has 3 rings (SSSR count). The van der Waals surface area contributed by atoms with E-state index in [0.29, 0.717) is 21.9 Å². The van der Waals surface area contributed by atoms with Crippen LogP contribution in [0.2, 0.25) is 0 Å². The van der Waals surface area contributed by atoms with Crippen molar-refractivity contribution < 1.29 is 9.18 Å². The number of fused-ring (bicyclic) bond motifs is 1. The Morgan fingerprint density at radius 3 is 2.62 bits per heavy atom. The standard InChI is InChI=1S/C18H18FN3O2S2/c1-4-22-17(24)14-13(11-5-7-12(19)8-6-11)9(2)25-16(14)21-18(22)26-10(3)15(20)23/h5-8,10H,4H2,1-3H3,(H2,20,23)/t10-/m0/s1. The number of carbonyl (C=O) groups excluding carboxylic acids is 1. The Balaban J connectivity index is 2.25. The van der Waals surface area contributed by atoms with Crippen molar-refractivity contribution in [2.75, 3.05) is 0 Å². The van der Waals surface area contributed by atoms with Crippen LogP contribution >= 0.6 is 23.1 Å². The van der Waals surface area contributed by atoms with Gasteiger partial charge in [0, 0.05) is 17.0 Å². The smallest absolute Gasteiger partial charge is 0.263 e. The first-order valence-corrected chi connectivity index (χ1v) is 9.79. The Kier molecular flexibility index (Phi) is 5.15. The summed E-state index contributed by atoms with van der Waals surface area (Å²) in [6.07, 6.45) is 0. The van der Waals surface area contributed by atoms with E-state index in [1.807, 2.05) is 13.8 Å². The van der Waals surface area contributed by atoms with Crippen LogP contribution in [0.4, 0.5) is 4.39 Å². The van der Waals surface area contributed by atoms with Gasteiger partial charge in [-0.1, -0.05) is 23.9 Å². The lowest BCUT2D eigenvalue weighted by molar-refractivity contribution is -0.117. The molecule has 26 heavy (non-hydrogen) atoms. The highest BCUT2D eigenvalue weighted by atomic mass is 32.2. The van der Waals surface area contributed by atoms with E-state index in [9.17, 15) is 14.0 Å². The van der Waals surface area contributed by atoms with Crippen LogP contribution < -0.4 is 11.3 Å². The van der Waals surface area contributed by atoms with Crippen molar-refractivity contribution >= 4 is 39.2 Å². The van der Waals surface area contributed by atoms with Crippen LogP contribution in [0.15, 0.2) is 34.2 Å². The average molecular weight is 391 g/mol. The summed E-state index contributed by atoms with van der Waals surface area (Å²) in [5.41, 5.74) is 6.74. The fourth-order valence-corrected chi connectivity index (χ4v) is 4.73. The molecule has 0 aliphatic rings. The minimum Gasteiger partial charge on any atom is -0.369 e. The average Bonchev–Trinajstić information content (AvgIpc) is 2.92. The van der Waals surface area contributed by atoms with Gasteiger partial charge in [0.1, 0.15) is 10.6 Å². The highest BCUT2D eigenvalue weighted by Gasteiger charge is 2.21. The van der Waals surface area contributed by atoms with Gasteiger partial charge < -0.3 is 5.73 Å². The van der Waals surface area contributed by atoms with E-state index in [1.54, 1.807) is 23.6 Å². The first-order chi connectivity index (χ1) is 12.3. The predicted molar refractivity (Wildman–Crippen MR) is 104 cm³/mol. The molecule has 5 nitrogen and oxygen atoms in total. The summed E-state index contributed by atoms with van der Waals surface area (Å²) in [7, 11) is 0. The number of thioether (sulfide) groups is 1. The monoisotopic (exact) mass is 391 g/mol. The summed E-state index contributed by atoms with van der Waals surface area (Å²) >= 11 is 2.59. The zero-order valence-electron chi connectivity index (χ0n) is 14.6. The molecule has 1 aromatic carbocycles. The number of aryl methyl sites for hydroxylation is 1. The second-order valence-corrected chi connectivity index (χ2v) is 8.34. The Morgan fingerprint density at radius 2 is 2.04 bits per heavy atom. The number of rotatable bonds is 5. The number of thiophene rings is 1. The van der Waals surface area contributed by atoms with Crippen LogP contribution in [0, 0.1) is 12.7 Å². The topological polar surface area (TPSA) is 78.0 Å². The van der Waals surface area contributed by atoms with Gasteiger partial charge in [0.05, 0.1) is 10.6 Å². The first kappa shape index (κ1) is 18.6. The van der Waals surface area contributed by atoms with Crippen molar-refractivity contribution in [3.8, 4) is 11.1 Å². The van der Waals surface area contributed by atoms with Crippen molar-refractivity contribution in [1.82, 2.24) is 9.55 Å². The Bertz CT molecular complexity index is 1040. The predicted octanol–water partition coefficient (Wildman–Crippen LogP) is 3.56. The lowest BCUT2D eigenvalue weighted by atomic mass is 10.0. The maximum Gasteiger partial charge on any atom is 0.263 e. The highest BCUT2D eigenvalue weighted by molar-refractivity contribution is 8.00. The largest absolute Gasteiger partial charge is 0.369 e. The number of amides is 1. The molecule has 2 aromatic heterocycles. The molecule has 0 radical (unpaired) electrons. The van der Waals surface area contributed by atoms with Crippen LogP contribution in [-0.2, 0) is 11.3 Å². The molecule has 1 amide bonds. The molecule has 0 aliphatic carbocycles. The number of aromatic nitrogens is 2. The number of hydrogen-bond donors (Lipinski definition) is 1. The molecule has 0 unspecified atom stereocenters. The SMILES string of the molecule is CCn1c(S[C@@H](C)C(N)=O)nc2sc(C)c(-c3ccc(F)cc3)c2c1=O. The van der Waals surface area contributed by atoms with Gasteiger partial charge in [-0.3, -0.25) is 14.2 Å². The lowest BCUT2D eigenvalue weighted by Crippen LogP contribution is -2.26. The van der Waals surface area contributed by atoms with Crippen molar-refractivity contribution in [3.05, 3.63) is 45.3 Å². The molecule has 0 spiro atoms. The van der Waals surface area contributed by atoms with E-state index in [0.717, 1.165) is 16.0 Å². The first-order valence-electron chi connectivity index (χ1n) is 8.09. The minimum absolute atomic E-state index is 0.166. The summed E-state index contributed by atoms with van der Waals surface area (Å²) in [4.78, 5) is 30.7. The van der Waals surface area contributed by atoms with Crippen LogP contribution in [0.1, 0.15) is 18.7 Å². The molecule has 136 valence electrons. The second kappa shape index (κ2) is 7.20. The number of hydrogen-bond acceptors (Lipinski definition) is 5. The third-order valence-electron chi connectivity index (χ3n) is 4.08. The molecule has 8 heteroatoms. The van der Waals surface area contributed by atoms with E-state index in [-0.39, 0.29) is 11.4 Å². The number of primary amides is 1. The summed E-state index contributed by atoms with van der Waals surface area (Å²) in [5.74, 6) is -0.782. The van der Waals surface area contributed by atoms with Gasteiger partial charge in [-0.15, -0.1) is 11.3 Å². The van der Waals surface area contributed by atoms with Crippen LogP contribution in [0.5, 0.6) is 0 Å². The van der Waals surface area contributed by atoms with E-state index >= 15 is 0 Å². The van der Waals surface area contributed by atoms with Gasteiger partial charge in [-0.05, 0) is 38.5 Å². The van der Waals surface area contributed by atoms with Gasteiger partial charge in [-0.25, -0.2) is 9.37 Å². The van der Waals surface area contributed by atoms with Gasteiger partial charge >= 0.3 is 0 Å². The third-order valence-corrected chi connectivity index (χ3v) is 6.19. The van der Waals surface area contributed by atoms with Gasteiger partial charge in [0.25, 0.3) is 5.56 Å². The molecule has 0 saturated carbocycles. The third kappa shape index (κ3) is 3.26. The summed E-state index contributed by atoms with van der Waals surface area (Å²) < 4.78 is 14.8. The van der Waals surface area contributed by atoms with Crippen molar-refractivity contribution in [2.45, 2.75) is 37.7 Å². The maximum absolute atomic E-state index is 13.3. The number of carbonyl (C=O) groups is 1. The summed E-state index contributed by atoms with van der Waals surface area (Å²) in [5, 5.41) is 0.509. The fourth-order valence-electron chi connectivity index (χ4n) is 2.73. The van der Waals surface area contributed by atoms with Gasteiger partial charge in [0.2, 0.25) is 5.91 Å². The van der Waals surface area contributed by atoms with E-state index < -0.39 is 11.2 Å². The molecule has 2 N–H and O–H groups in total. The van der Waals surface area contributed by atoms with Crippen LogP contribution in [0.3, 0.4) is 0 Å². The van der Waals surface area contributed by atoms with E-state index in [4.69, 9.17) is 5.73 Å². The van der Waals surface area contributed by atoms with Crippen molar-refractivity contribution in [1.29, 1.82) is 0 Å².